The molecular weight excluding hydrogens is 304 g/mol. The molecule has 23 heavy (non-hydrogen) atoms. The molecule has 2 heterocycles. The van der Waals surface area contributed by atoms with Crippen LogP contribution in [0, 0.1) is 0 Å². The van der Waals surface area contributed by atoms with Crippen molar-refractivity contribution in [2.24, 2.45) is 5.73 Å². The fourth-order valence-corrected chi connectivity index (χ4v) is 2.57. The number of nitrogens with zero attached hydrogens (tertiary/aromatic N) is 2. The van der Waals surface area contributed by atoms with E-state index in [2.05, 4.69) is 4.98 Å². The summed E-state index contributed by atoms with van der Waals surface area (Å²) in [6.45, 7) is 5.32. The molecule has 1 aliphatic rings. The van der Waals surface area contributed by atoms with Gasteiger partial charge in [-0.05, 0) is 38.5 Å². The number of piperidine rings is 1. The number of alkyl halides is 2. The zero-order valence-electron chi connectivity index (χ0n) is 13.7. The van der Waals surface area contributed by atoms with Crippen molar-refractivity contribution in [1.82, 2.24) is 9.88 Å². The largest absolute Gasteiger partial charge is 0.444 e. The molecule has 1 amide bonds. The van der Waals surface area contributed by atoms with Gasteiger partial charge in [0.15, 0.2) is 0 Å². The second-order valence-corrected chi connectivity index (χ2v) is 6.77. The first-order chi connectivity index (χ1) is 10.6. The molecule has 1 fully saturated rings. The lowest BCUT2D eigenvalue weighted by Crippen LogP contribution is -2.49. The maximum atomic E-state index is 14.3. The first kappa shape index (κ1) is 17.6. The van der Waals surface area contributed by atoms with E-state index >= 15 is 0 Å². The molecule has 0 spiro atoms. The van der Waals surface area contributed by atoms with Crippen LogP contribution in [0.3, 0.4) is 0 Å². The Hall–Kier alpha value is -1.76. The maximum Gasteiger partial charge on any atom is 0.410 e. The molecule has 1 unspecified atom stereocenters. The number of halogens is 2. The molecule has 1 aromatic heterocycles. The van der Waals surface area contributed by atoms with E-state index in [0.29, 0.717) is 11.3 Å². The van der Waals surface area contributed by atoms with Gasteiger partial charge in [0, 0.05) is 32.3 Å². The number of aromatic nitrogens is 1. The number of hydrogen-bond acceptors (Lipinski definition) is 4. The average Bonchev–Trinajstić information content (AvgIpc) is 2.45. The van der Waals surface area contributed by atoms with Crippen molar-refractivity contribution < 1.29 is 18.3 Å². The van der Waals surface area contributed by atoms with Gasteiger partial charge < -0.3 is 15.4 Å². The van der Waals surface area contributed by atoms with Crippen molar-refractivity contribution >= 4 is 6.09 Å². The van der Waals surface area contributed by atoms with Crippen molar-refractivity contribution in [2.75, 3.05) is 13.1 Å². The lowest BCUT2D eigenvalue weighted by atomic mass is 9.87. The summed E-state index contributed by atoms with van der Waals surface area (Å²) in [6, 6.07) is 3.13. The summed E-state index contributed by atoms with van der Waals surface area (Å²) in [7, 11) is 0. The Morgan fingerprint density at radius 1 is 1.52 bits per heavy atom. The predicted molar refractivity (Wildman–Crippen MR) is 82.2 cm³/mol. The molecule has 1 aliphatic heterocycles. The molecule has 0 radical (unpaired) electrons. The molecule has 7 heteroatoms. The Bertz CT molecular complexity index is 573. The molecule has 5 nitrogen and oxygen atoms in total. The first-order valence-electron chi connectivity index (χ1n) is 7.63. The van der Waals surface area contributed by atoms with Crippen molar-refractivity contribution in [3.8, 4) is 0 Å². The summed E-state index contributed by atoms with van der Waals surface area (Å²) >= 11 is 0. The molecular formula is C16H23F2N3O2. The predicted octanol–water partition coefficient (Wildman–Crippen LogP) is 2.90. The van der Waals surface area contributed by atoms with Crippen LogP contribution in [0.15, 0.2) is 18.3 Å². The molecule has 2 rings (SSSR count). The number of carbonyl (C=O) groups is 1. The molecule has 0 aromatic carbocycles. The maximum absolute atomic E-state index is 14.3. The SMILES string of the molecule is CC(C)(C)OC(=O)N1CCC(F)(F)C(c2ccnc(CN)c2)C1. The number of carbonyl (C=O) groups excluding carboxylic acids is 1. The van der Waals surface area contributed by atoms with Gasteiger partial charge in [-0.1, -0.05) is 0 Å². The van der Waals surface area contributed by atoms with Crippen molar-refractivity contribution in [1.29, 1.82) is 0 Å². The summed E-state index contributed by atoms with van der Waals surface area (Å²) in [6.07, 6.45) is 0.517. The number of nitrogens with two attached hydrogens (primary N) is 1. The Kier molecular flexibility index (Phi) is 4.89. The van der Waals surface area contributed by atoms with Crippen LogP contribution in [0.2, 0.25) is 0 Å². The molecule has 0 aliphatic carbocycles. The Balaban J connectivity index is 2.20. The standard InChI is InChI=1S/C16H23F2N3O2/c1-15(2,3)23-14(22)21-7-5-16(17,18)13(10-21)11-4-6-20-12(8-11)9-19/h4,6,8,13H,5,7,9-10,19H2,1-3H3. The summed E-state index contributed by atoms with van der Waals surface area (Å²) in [5, 5.41) is 0. The van der Waals surface area contributed by atoms with Crippen LogP contribution in [0.4, 0.5) is 13.6 Å². The molecule has 1 aromatic rings. The molecule has 0 bridgehead atoms. The van der Waals surface area contributed by atoms with Crippen LogP contribution in [0.1, 0.15) is 44.4 Å². The quantitative estimate of drug-likeness (QED) is 0.907. The van der Waals surface area contributed by atoms with Gasteiger partial charge in [0.05, 0.1) is 11.6 Å². The zero-order valence-corrected chi connectivity index (χ0v) is 13.7. The Morgan fingerprint density at radius 2 is 2.22 bits per heavy atom. The molecule has 128 valence electrons. The molecule has 2 N–H and O–H groups in total. The van der Waals surface area contributed by atoms with Gasteiger partial charge >= 0.3 is 6.09 Å². The highest BCUT2D eigenvalue weighted by Crippen LogP contribution is 2.40. The van der Waals surface area contributed by atoms with Gasteiger partial charge in [-0.15, -0.1) is 0 Å². The van der Waals surface area contributed by atoms with Crippen molar-refractivity contribution in [3.63, 3.8) is 0 Å². The highest BCUT2D eigenvalue weighted by Gasteiger charge is 2.46. The van der Waals surface area contributed by atoms with Gasteiger partial charge in [0.1, 0.15) is 5.60 Å². The van der Waals surface area contributed by atoms with Crippen LogP contribution in [0.5, 0.6) is 0 Å². The van der Waals surface area contributed by atoms with Crippen LogP contribution in [-0.2, 0) is 11.3 Å². The average molecular weight is 327 g/mol. The van der Waals surface area contributed by atoms with E-state index in [1.807, 2.05) is 0 Å². The van der Waals surface area contributed by atoms with Crippen LogP contribution in [0.25, 0.3) is 0 Å². The number of hydrogen-bond donors (Lipinski definition) is 1. The number of rotatable bonds is 2. The van der Waals surface area contributed by atoms with Gasteiger partial charge in [-0.3, -0.25) is 4.98 Å². The normalized spacial score (nSPS) is 21.1. The van der Waals surface area contributed by atoms with E-state index in [-0.39, 0.29) is 19.6 Å². The minimum absolute atomic E-state index is 0.0206. The summed E-state index contributed by atoms with van der Waals surface area (Å²) in [4.78, 5) is 17.5. The topological polar surface area (TPSA) is 68.5 Å². The van der Waals surface area contributed by atoms with Gasteiger partial charge in [0.2, 0.25) is 0 Å². The minimum Gasteiger partial charge on any atom is -0.444 e. The lowest BCUT2D eigenvalue weighted by Gasteiger charge is -2.39. The monoisotopic (exact) mass is 327 g/mol. The second kappa shape index (κ2) is 6.39. The van der Waals surface area contributed by atoms with Crippen molar-refractivity contribution in [3.05, 3.63) is 29.6 Å². The lowest BCUT2D eigenvalue weighted by molar-refractivity contribution is -0.0771. The van der Waals surface area contributed by atoms with Crippen LogP contribution >= 0.6 is 0 Å². The van der Waals surface area contributed by atoms with Crippen LogP contribution < -0.4 is 5.73 Å². The highest BCUT2D eigenvalue weighted by atomic mass is 19.3. The van der Waals surface area contributed by atoms with Gasteiger partial charge in [-0.25, -0.2) is 13.6 Å². The smallest absolute Gasteiger partial charge is 0.410 e. The number of ether oxygens (including phenoxy) is 1. The number of pyridine rings is 1. The van der Waals surface area contributed by atoms with Gasteiger partial charge in [-0.2, -0.15) is 0 Å². The fourth-order valence-electron chi connectivity index (χ4n) is 2.57. The number of likely N-dealkylation sites (tertiary alicyclic amines) is 1. The van der Waals surface area contributed by atoms with E-state index < -0.39 is 30.0 Å². The Labute approximate surface area is 134 Å². The summed E-state index contributed by atoms with van der Waals surface area (Å²) < 4.78 is 34.0. The molecule has 1 atom stereocenters. The summed E-state index contributed by atoms with van der Waals surface area (Å²) in [5.41, 5.74) is 5.86. The van der Waals surface area contributed by atoms with Gasteiger partial charge in [0.25, 0.3) is 5.92 Å². The van der Waals surface area contributed by atoms with E-state index in [1.54, 1.807) is 32.9 Å². The first-order valence-corrected chi connectivity index (χ1v) is 7.63. The molecule has 0 saturated carbocycles. The van der Waals surface area contributed by atoms with E-state index in [0.717, 1.165) is 0 Å². The van der Waals surface area contributed by atoms with E-state index in [9.17, 15) is 13.6 Å². The Morgan fingerprint density at radius 3 is 2.83 bits per heavy atom. The second-order valence-electron chi connectivity index (χ2n) is 6.77. The van der Waals surface area contributed by atoms with Crippen LogP contribution in [-0.4, -0.2) is 40.6 Å². The van der Waals surface area contributed by atoms with Crippen molar-refractivity contribution in [2.45, 2.75) is 51.2 Å². The fraction of sp³-hybridized carbons (Fsp3) is 0.625. The van der Waals surface area contributed by atoms with E-state index in [1.165, 1.54) is 11.1 Å². The molecule has 1 saturated heterocycles. The number of amides is 1. The van der Waals surface area contributed by atoms with E-state index in [4.69, 9.17) is 10.5 Å². The third-order valence-electron chi connectivity index (χ3n) is 3.73. The zero-order chi connectivity index (χ0) is 17.3. The summed E-state index contributed by atoms with van der Waals surface area (Å²) in [5.74, 6) is -3.97. The highest BCUT2D eigenvalue weighted by molar-refractivity contribution is 5.68. The minimum atomic E-state index is -2.88. The third kappa shape index (κ3) is 4.37. The third-order valence-corrected chi connectivity index (χ3v) is 3.73.